The molecule has 0 saturated carbocycles. The van der Waals surface area contributed by atoms with Gasteiger partial charge in [0.15, 0.2) is 0 Å². The first-order chi connectivity index (χ1) is 13.4. The number of benzene rings is 2. The monoisotopic (exact) mass is 379 g/mol. The Hall–Kier alpha value is -2.33. The van der Waals surface area contributed by atoms with Crippen LogP contribution in [0, 0.1) is 5.41 Å². The minimum absolute atomic E-state index is 0.108. The lowest BCUT2D eigenvalue weighted by Gasteiger charge is -2.41. The summed E-state index contributed by atoms with van der Waals surface area (Å²) in [6, 6.07) is 18.5. The van der Waals surface area contributed by atoms with Crippen molar-refractivity contribution in [3.63, 3.8) is 0 Å². The fraction of sp³-hybridized carbons (Fsp3) is 0.458. The second kappa shape index (κ2) is 8.78. The van der Waals surface area contributed by atoms with Gasteiger partial charge in [0.1, 0.15) is 0 Å². The van der Waals surface area contributed by atoms with E-state index in [1.165, 1.54) is 5.56 Å². The molecule has 0 atom stereocenters. The highest BCUT2D eigenvalue weighted by atomic mass is 16.2. The van der Waals surface area contributed by atoms with Crippen LogP contribution in [0.1, 0.15) is 35.7 Å². The van der Waals surface area contributed by atoms with E-state index in [1.807, 2.05) is 55.2 Å². The van der Waals surface area contributed by atoms with Crippen LogP contribution in [0.3, 0.4) is 0 Å². The third-order valence-corrected chi connectivity index (χ3v) is 5.89. The van der Waals surface area contributed by atoms with E-state index >= 15 is 0 Å². The van der Waals surface area contributed by atoms with E-state index in [0.29, 0.717) is 0 Å². The molecule has 1 aliphatic rings. The van der Waals surface area contributed by atoms with Gasteiger partial charge in [-0.15, -0.1) is 0 Å². The molecule has 4 nitrogen and oxygen atoms in total. The standard InChI is InChI=1S/C24H33N3O/c1-24(13-15-27(16-14-24)18-20-9-6-5-7-10-20)19-26(4)23(28)21-11-8-12-22(17-21)25(2)3/h5-12,17H,13-16,18-19H2,1-4H3. The van der Waals surface area contributed by atoms with Gasteiger partial charge in [-0.3, -0.25) is 9.69 Å². The van der Waals surface area contributed by atoms with Gasteiger partial charge in [0.05, 0.1) is 0 Å². The Bertz CT molecular complexity index is 779. The molecule has 1 aliphatic heterocycles. The molecule has 150 valence electrons. The van der Waals surface area contributed by atoms with Crippen LogP contribution in [0.5, 0.6) is 0 Å². The van der Waals surface area contributed by atoms with E-state index in [4.69, 9.17) is 0 Å². The van der Waals surface area contributed by atoms with Gasteiger partial charge in [-0.25, -0.2) is 0 Å². The number of hydrogen-bond donors (Lipinski definition) is 0. The second-order valence-electron chi connectivity index (χ2n) is 8.68. The summed E-state index contributed by atoms with van der Waals surface area (Å²) < 4.78 is 0. The average molecular weight is 380 g/mol. The summed E-state index contributed by atoms with van der Waals surface area (Å²) in [4.78, 5) is 19.4. The Labute approximate surface area is 169 Å². The highest BCUT2D eigenvalue weighted by Gasteiger charge is 2.32. The molecule has 2 aromatic rings. The lowest BCUT2D eigenvalue weighted by molar-refractivity contribution is 0.0574. The summed E-state index contributed by atoms with van der Waals surface area (Å²) in [5, 5.41) is 0. The van der Waals surface area contributed by atoms with Crippen LogP contribution in [-0.2, 0) is 6.54 Å². The fourth-order valence-corrected chi connectivity index (χ4v) is 4.03. The molecule has 1 fully saturated rings. The summed E-state index contributed by atoms with van der Waals surface area (Å²) >= 11 is 0. The van der Waals surface area contributed by atoms with Crippen LogP contribution < -0.4 is 4.90 Å². The van der Waals surface area contributed by atoms with Crippen molar-refractivity contribution in [3.05, 3.63) is 65.7 Å². The zero-order valence-corrected chi connectivity index (χ0v) is 17.7. The number of amides is 1. The molecule has 28 heavy (non-hydrogen) atoms. The summed E-state index contributed by atoms with van der Waals surface area (Å²) in [6.45, 7) is 6.32. The number of likely N-dealkylation sites (tertiary alicyclic amines) is 1. The van der Waals surface area contributed by atoms with Crippen LogP contribution in [0.15, 0.2) is 54.6 Å². The molecule has 0 spiro atoms. The molecule has 1 amide bonds. The third kappa shape index (κ3) is 5.14. The van der Waals surface area contributed by atoms with Crippen molar-refractivity contribution in [1.29, 1.82) is 0 Å². The van der Waals surface area contributed by atoms with Gasteiger partial charge in [0.25, 0.3) is 5.91 Å². The quantitative estimate of drug-likeness (QED) is 0.755. The first-order valence-corrected chi connectivity index (χ1v) is 10.2. The number of rotatable bonds is 6. The van der Waals surface area contributed by atoms with E-state index in [1.54, 1.807) is 0 Å². The molecule has 3 rings (SSSR count). The van der Waals surface area contributed by atoms with Gasteiger partial charge < -0.3 is 9.80 Å². The second-order valence-corrected chi connectivity index (χ2v) is 8.68. The van der Waals surface area contributed by atoms with Gasteiger partial charge in [0.2, 0.25) is 0 Å². The molecule has 2 aromatic carbocycles. The lowest BCUT2D eigenvalue weighted by Crippen LogP contribution is -2.45. The van der Waals surface area contributed by atoms with Crippen LogP contribution in [0.25, 0.3) is 0 Å². The molecule has 0 aliphatic carbocycles. The number of carbonyl (C=O) groups excluding carboxylic acids is 1. The molecule has 0 radical (unpaired) electrons. The summed E-state index contributed by atoms with van der Waals surface area (Å²) in [5.74, 6) is 0.108. The fourth-order valence-electron chi connectivity index (χ4n) is 4.03. The Kier molecular flexibility index (Phi) is 6.40. The topological polar surface area (TPSA) is 26.8 Å². The molecular weight excluding hydrogens is 346 g/mol. The van der Waals surface area contributed by atoms with E-state index in [2.05, 4.69) is 42.2 Å². The highest BCUT2D eigenvalue weighted by molar-refractivity contribution is 5.95. The highest BCUT2D eigenvalue weighted by Crippen LogP contribution is 2.32. The summed E-state index contributed by atoms with van der Waals surface area (Å²) in [7, 11) is 5.93. The number of anilines is 1. The average Bonchev–Trinajstić information content (AvgIpc) is 2.70. The normalized spacial score (nSPS) is 16.6. The van der Waals surface area contributed by atoms with E-state index < -0.39 is 0 Å². The van der Waals surface area contributed by atoms with Gasteiger partial charge >= 0.3 is 0 Å². The predicted molar refractivity (Wildman–Crippen MR) is 117 cm³/mol. The summed E-state index contributed by atoms with van der Waals surface area (Å²) in [5.41, 5.74) is 3.37. The molecule has 0 aromatic heterocycles. The zero-order valence-electron chi connectivity index (χ0n) is 17.7. The molecule has 1 saturated heterocycles. The van der Waals surface area contributed by atoms with Crippen molar-refractivity contribution in [2.75, 3.05) is 45.7 Å². The molecule has 1 heterocycles. The molecule has 0 N–H and O–H groups in total. The Balaban J connectivity index is 1.56. The smallest absolute Gasteiger partial charge is 0.253 e. The lowest BCUT2D eigenvalue weighted by atomic mass is 9.79. The first kappa shape index (κ1) is 20.4. The largest absolute Gasteiger partial charge is 0.378 e. The van der Waals surface area contributed by atoms with Crippen LogP contribution in [0.4, 0.5) is 5.69 Å². The Morgan fingerprint density at radius 3 is 2.32 bits per heavy atom. The van der Waals surface area contributed by atoms with E-state index in [9.17, 15) is 4.79 Å². The molecular formula is C24H33N3O. The molecule has 4 heteroatoms. The molecule has 0 bridgehead atoms. The van der Waals surface area contributed by atoms with Crippen molar-refractivity contribution >= 4 is 11.6 Å². The van der Waals surface area contributed by atoms with E-state index in [0.717, 1.165) is 50.3 Å². The first-order valence-electron chi connectivity index (χ1n) is 10.2. The van der Waals surface area contributed by atoms with Crippen molar-refractivity contribution < 1.29 is 4.79 Å². The Morgan fingerprint density at radius 2 is 1.68 bits per heavy atom. The van der Waals surface area contributed by atoms with Gasteiger partial charge in [-0.05, 0) is 55.1 Å². The summed E-state index contributed by atoms with van der Waals surface area (Å²) in [6.07, 6.45) is 2.24. The Morgan fingerprint density at radius 1 is 1.00 bits per heavy atom. The molecule has 0 unspecified atom stereocenters. The SMILES string of the molecule is CN(CC1(C)CCN(Cc2ccccc2)CC1)C(=O)c1cccc(N(C)C)c1. The third-order valence-electron chi connectivity index (χ3n) is 5.89. The number of nitrogens with zero attached hydrogens (tertiary/aromatic N) is 3. The predicted octanol–water partition coefficient (Wildman–Crippen LogP) is 4.13. The number of hydrogen-bond acceptors (Lipinski definition) is 3. The van der Waals surface area contributed by atoms with Crippen LogP contribution in [-0.4, -0.2) is 56.5 Å². The maximum absolute atomic E-state index is 12.9. The zero-order chi connectivity index (χ0) is 20.1. The van der Waals surface area contributed by atoms with E-state index in [-0.39, 0.29) is 11.3 Å². The van der Waals surface area contributed by atoms with Crippen LogP contribution >= 0.6 is 0 Å². The minimum Gasteiger partial charge on any atom is -0.378 e. The van der Waals surface area contributed by atoms with Crippen molar-refractivity contribution in [3.8, 4) is 0 Å². The van der Waals surface area contributed by atoms with Crippen molar-refractivity contribution in [2.24, 2.45) is 5.41 Å². The van der Waals surface area contributed by atoms with Gasteiger partial charge in [0, 0.05) is 45.5 Å². The minimum atomic E-state index is 0.108. The number of piperidine rings is 1. The van der Waals surface area contributed by atoms with Crippen molar-refractivity contribution in [2.45, 2.75) is 26.3 Å². The maximum Gasteiger partial charge on any atom is 0.253 e. The number of carbonyl (C=O) groups is 1. The maximum atomic E-state index is 12.9. The van der Waals surface area contributed by atoms with Crippen LogP contribution in [0.2, 0.25) is 0 Å². The van der Waals surface area contributed by atoms with Gasteiger partial charge in [-0.2, -0.15) is 0 Å². The van der Waals surface area contributed by atoms with Gasteiger partial charge in [-0.1, -0.05) is 43.3 Å². The van der Waals surface area contributed by atoms with Crippen molar-refractivity contribution in [1.82, 2.24) is 9.80 Å².